The Balaban J connectivity index is 1.46. The van der Waals surface area contributed by atoms with Gasteiger partial charge in [0.25, 0.3) is 0 Å². The Labute approximate surface area is 124 Å². The molecule has 20 heavy (non-hydrogen) atoms. The van der Waals surface area contributed by atoms with Gasteiger partial charge in [-0.05, 0) is 25.7 Å². The minimum atomic E-state index is 0.136. The Kier molecular flexibility index (Phi) is 6.85. The molecule has 1 saturated heterocycles. The van der Waals surface area contributed by atoms with E-state index >= 15 is 0 Å². The van der Waals surface area contributed by atoms with Crippen molar-refractivity contribution in [2.45, 2.75) is 89.6 Å². The van der Waals surface area contributed by atoms with Crippen LogP contribution in [0.5, 0.6) is 0 Å². The van der Waals surface area contributed by atoms with E-state index in [-0.39, 0.29) is 6.04 Å². The van der Waals surface area contributed by atoms with Gasteiger partial charge >= 0.3 is 0 Å². The Hall–Kier alpha value is -0.570. The molecule has 0 aromatic carbocycles. The molecule has 1 aliphatic heterocycles. The molecule has 1 atom stereocenters. The van der Waals surface area contributed by atoms with Crippen molar-refractivity contribution in [2.75, 3.05) is 13.1 Å². The summed E-state index contributed by atoms with van der Waals surface area (Å²) in [5.41, 5.74) is 0. The van der Waals surface area contributed by atoms with Crippen molar-refractivity contribution in [3.63, 3.8) is 0 Å². The molecule has 0 aromatic heterocycles. The Morgan fingerprint density at radius 1 is 1.00 bits per heavy atom. The average molecular weight is 280 g/mol. The van der Waals surface area contributed by atoms with Gasteiger partial charge in [-0.2, -0.15) is 0 Å². The average Bonchev–Trinajstić information content (AvgIpc) is 3.20. The lowest BCUT2D eigenvalue weighted by molar-refractivity contribution is -0.129. The van der Waals surface area contributed by atoms with E-state index < -0.39 is 0 Å². The fourth-order valence-corrected chi connectivity index (χ4v) is 3.09. The summed E-state index contributed by atoms with van der Waals surface area (Å²) in [6, 6.07) is 0.781. The summed E-state index contributed by atoms with van der Waals surface area (Å²) in [6.45, 7) is 4.22. The molecular weight excluding hydrogens is 248 g/mol. The second-order valence-corrected chi connectivity index (χ2v) is 6.58. The number of hydrogen-bond acceptors (Lipinski definition) is 2. The van der Waals surface area contributed by atoms with E-state index in [1.54, 1.807) is 0 Å². The highest BCUT2D eigenvalue weighted by atomic mass is 16.2. The first kappa shape index (κ1) is 15.8. The van der Waals surface area contributed by atoms with Crippen LogP contribution in [0.25, 0.3) is 0 Å². The van der Waals surface area contributed by atoms with Crippen LogP contribution < -0.4 is 5.32 Å². The molecule has 0 bridgehead atoms. The fourth-order valence-electron chi connectivity index (χ4n) is 3.09. The quantitative estimate of drug-likeness (QED) is 0.588. The summed E-state index contributed by atoms with van der Waals surface area (Å²) in [5.74, 6) is 0.361. The van der Waals surface area contributed by atoms with Gasteiger partial charge in [0, 0.05) is 19.1 Å². The molecule has 116 valence electrons. The van der Waals surface area contributed by atoms with Crippen LogP contribution in [0.15, 0.2) is 0 Å². The Bertz CT molecular complexity index is 289. The second-order valence-electron chi connectivity index (χ2n) is 6.58. The Morgan fingerprint density at radius 2 is 1.65 bits per heavy atom. The maximum atomic E-state index is 12.2. The van der Waals surface area contributed by atoms with E-state index in [1.807, 2.05) is 0 Å². The molecule has 2 rings (SSSR count). The van der Waals surface area contributed by atoms with Gasteiger partial charge < -0.3 is 10.2 Å². The predicted octanol–water partition coefficient (Wildman–Crippen LogP) is 3.48. The number of amides is 1. The van der Waals surface area contributed by atoms with Crippen LogP contribution in [0.3, 0.4) is 0 Å². The summed E-state index contributed by atoms with van der Waals surface area (Å²) in [5, 5.41) is 3.47. The van der Waals surface area contributed by atoms with Crippen molar-refractivity contribution in [3.05, 3.63) is 0 Å². The maximum Gasteiger partial charge on any atom is 0.239 e. The predicted molar refractivity (Wildman–Crippen MR) is 83.8 cm³/mol. The van der Waals surface area contributed by atoms with Gasteiger partial charge in [0.2, 0.25) is 5.91 Å². The van der Waals surface area contributed by atoms with Crippen molar-refractivity contribution in [3.8, 4) is 0 Å². The van der Waals surface area contributed by atoms with E-state index in [9.17, 15) is 4.79 Å². The molecular formula is C17H32N2O. The van der Waals surface area contributed by atoms with Gasteiger partial charge in [-0.3, -0.25) is 4.79 Å². The van der Waals surface area contributed by atoms with Crippen LogP contribution >= 0.6 is 0 Å². The first-order valence-corrected chi connectivity index (χ1v) is 8.86. The number of carbonyl (C=O) groups is 1. The molecule has 0 spiro atoms. The number of hydrogen-bond donors (Lipinski definition) is 1. The van der Waals surface area contributed by atoms with Crippen LogP contribution in [0, 0.1) is 0 Å². The van der Waals surface area contributed by atoms with Gasteiger partial charge in [0.1, 0.15) is 0 Å². The minimum absolute atomic E-state index is 0.136. The zero-order valence-electron chi connectivity index (χ0n) is 13.2. The largest absolute Gasteiger partial charge is 0.341 e. The minimum Gasteiger partial charge on any atom is -0.341 e. The van der Waals surface area contributed by atoms with E-state index in [0.717, 1.165) is 19.5 Å². The highest BCUT2D eigenvalue weighted by Crippen LogP contribution is 2.22. The van der Waals surface area contributed by atoms with Crippen LogP contribution in [-0.4, -0.2) is 36.0 Å². The lowest BCUT2D eigenvalue weighted by atomic mass is 10.1. The molecule has 2 fully saturated rings. The van der Waals surface area contributed by atoms with Gasteiger partial charge in [-0.15, -0.1) is 0 Å². The van der Waals surface area contributed by atoms with E-state index in [2.05, 4.69) is 17.1 Å². The zero-order valence-corrected chi connectivity index (χ0v) is 13.2. The van der Waals surface area contributed by atoms with Gasteiger partial charge in [-0.1, -0.05) is 51.9 Å². The molecule has 0 aromatic rings. The highest BCUT2D eigenvalue weighted by Gasteiger charge is 2.34. The van der Waals surface area contributed by atoms with Gasteiger partial charge in [-0.25, -0.2) is 0 Å². The standard InChI is InChI=1S/C17H32N2O/c1-2-3-4-5-6-7-8-9-13-19-14-12-16(17(19)20)18-15-10-11-15/h15-16,18H,2-14H2,1H3. The van der Waals surface area contributed by atoms with E-state index in [1.165, 1.54) is 64.2 Å². The van der Waals surface area contributed by atoms with Crippen molar-refractivity contribution >= 4 is 5.91 Å². The monoisotopic (exact) mass is 280 g/mol. The first-order chi connectivity index (χ1) is 9.81. The third-order valence-corrected chi connectivity index (χ3v) is 4.59. The van der Waals surface area contributed by atoms with E-state index in [4.69, 9.17) is 0 Å². The number of likely N-dealkylation sites (tertiary alicyclic amines) is 1. The number of rotatable bonds is 11. The summed E-state index contributed by atoms with van der Waals surface area (Å²) in [6.07, 6.45) is 14.3. The van der Waals surface area contributed by atoms with Crippen LogP contribution in [0.2, 0.25) is 0 Å². The lowest BCUT2D eigenvalue weighted by Crippen LogP contribution is -2.39. The summed E-state index contributed by atoms with van der Waals surface area (Å²) < 4.78 is 0. The van der Waals surface area contributed by atoms with Crippen LogP contribution in [-0.2, 0) is 4.79 Å². The first-order valence-electron chi connectivity index (χ1n) is 8.86. The normalized spacial score (nSPS) is 22.8. The summed E-state index contributed by atoms with van der Waals surface area (Å²) in [7, 11) is 0. The third kappa shape index (κ3) is 5.43. The molecule has 3 heteroatoms. The third-order valence-electron chi connectivity index (χ3n) is 4.59. The number of unbranched alkanes of at least 4 members (excludes halogenated alkanes) is 7. The molecule has 1 heterocycles. The molecule has 0 radical (unpaired) electrons. The summed E-state index contributed by atoms with van der Waals surface area (Å²) >= 11 is 0. The molecule has 1 aliphatic carbocycles. The Morgan fingerprint density at radius 3 is 2.30 bits per heavy atom. The molecule has 1 saturated carbocycles. The summed E-state index contributed by atoms with van der Waals surface area (Å²) in [4.78, 5) is 14.3. The smallest absolute Gasteiger partial charge is 0.239 e. The van der Waals surface area contributed by atoms with Crippen LogP contribution in [0.1, 0.15) is 77.6 Å². The van der Waals surface area contributed by atoms with Crippen molar-refractivity contribution in [1.82, 2.24) is 10.2 Å². The molecule has 1 unspecified atom stereocenters. The topological polar surface area (TPSA) is 32.3 Å². The van der Waals surface area contributed by atoms with Gasteiger partial charge in [0.05, 0.1) is 6.04 Å². The van der Waals surface area contributed by atoms with E-state index in [0.29, 0.717) is 11.9 Å². The molecule has 2 aliphatic rings. The fraction of sp³-hybridized carbons (Fsp3) is 0.941. The highest BCUT2D eigenvalue weighted by molar-refractivity contribution is 5.84. The number of nitrogens with one attached hydrogen (secondary N) is 1. The van der Waals surface area contributed by atoms with Gasteiger partial charge in [0.15, 0.2) is 0 Å². The number of carbonyl (C=O) groups excluding carboxylic acids is 1. The maximum absolute atomic E-state index is 12.2. The lowest BCUT2D eigenvalue weighted by Gasteiger charge is -2.17. The second kappa shape index (κ2) is 8.66. The number of nitrogens with zero attached hydrogens (tertiary/aromatic N) is 1. The zero-order chi connectivity index (χ0) is 14.2. The molecule has 1 N–H and O–H groups in total. The van der Waals surface area contributed by atoms with Crippen molar-refractivity contribution in [1.29, 1.82) is 0 Å². The molecule has 1 amide bonds. The molecule has 3 nitrogen and oxygen atoms in total. The van der Waals surface area contributed by atoms with Crippen molar-refractivity contribution in [2.24, 2.45) is 0 Å². The van der Waals surface area contributed by atoms with Crippen molar-refractivity contribution < 1.29 is 4.79 Å². The SMILES string of the molecule is CCCCCCCCCCN1CCC(NC2CC2)C1=O. The van der Waals surface area contributed by atoms with Crippen LogP contribution in [0.4, 0.5) is 0 Å².